The third kappa shape index (κ3) is 6.01. The van der Waals surface area contributed by atoms with Gasteiger partial charge in [-0.25, -0.2) is 8.42 Å². The molecule has 128 valence electrons. The van der Waals surface area contributed by atoms with Crippen LogP contribution in [-0.4, -0.2) is 31.4 Å². The van der Waals surface area contributed by atoms with Crippen LogP contribution in [0.2, 0.25) is 0 Å². The molecule has 0 aliphatic heterocycles. The van der Waals surface area contributed by atoms with Gasteiger partial charge in [0.25, 0.3) is 0 Å². The lowest BCUT2D eigenvalue weighted by molar-refractivity contribution is -0.116. The Balaban J connectivity index is 2.08. The molecule has 0 aliphatic carbocycles. The summed E-state index contributed by atoms with van der Waals surface area (Å²) in [6.45, 7) is -0.112. The molecule has 0 aliphatic rings. The molecule has 2 aromatic carbocycles. The standard InChI is InChI=1S/C16H16Br2N2O3S/c1-24(22,23)20(10-12-5-7-13(17)8-6-12)11-16(21)19-15-4-2-3-14(18)9-15/h2-9H,10-11H2,1H3,(H,19,21). The smallest absolute Gasteiger partial charge is 0.239 e. The molecule has 0 bridgehead atoms. The normalized spacial score (nSPS) is 11.5. The molecule has 0 fully saturated rings. The van der Waals surface area contributed by atoms with Gasteiger partial charge in [0.1, 0.15) is 0 Å². The highest BCUT2D eigenvalue weighted by atomic mass is 79.9. The van der Waals surface area contributed by atoms with Gasteiger partial charge in [-0.05, 0) is 35.9 Å². The Morgan fingerprint density at radius 1 is 1.08 bits per heavy atom. The monoisotopic (exact) mass is 474 g/mol. The number of benzene rings is 2. The predicted molar refractivity (Wildman–Crippen MR) is 102 cm³/mol. The molecule has 0 saturated heterocycles. The second kappa shape index (κ2) is 8.24. The zero-order chi connectivity index (χ0) is 17.7. The minimum atomic E-state index is -3.52. The first kappa shape index (κ1) is 19.1. The number of sulfonamides is 1. The van der Waals surface area contributed by atoms with Gasteiger partial charge in [0, 0.05) is 21.2 Å². The minimum Gasteiger partial charge on any atom is -0.325 e. The van der Waals surface area contributed by atoms with Gasteiger partial charge >= 0.3 is 0 Å². The van der Waals surface area contributed by atoms with Crippen LogP contribution in [0, 0.1) is 0 Å². The summed E-state index contributed by atoms with van der Waals surface area (Å²) in [5, 5.41) is 2.70. The highest BCUT2D eigenvalue weighted by molar-refractivity contribution is 9.10. The SMILES string of the molecule is CS(=O)(=O)N(CC(=O)Nc1cccc(Br)c1)Cc1ccc(Br)cc1. The molecule has 1 N–H and O–H groups in total. The molecule has 8 heteroatoms. The predicted octanol–water partition coefficient (Wildman–Crippen LogP) is 3.61. The fourth-order valence-corrected chi connectivity index (χ4v) is 3.41. The van der Waals surface area contributed by atoms with E-state index in [1.165, 1.54) is 0 Å². The lowest BCUT2D eigenvalue weighted by atomic mass is 10.2. The van der Waals surface area contributed by atoms with E-state index in [0.29, 0.717) is 5.69 Å². The van der Waals surface area contributed by atoms with Gasteiger partial charge in [-0.1, -0.05) is 50.1 Å². The van der Waals surface area contributed by atoms with Crippen molar-refractivity contribution < 1.29 is 13.2 Å². The fraction of sp³-hybridized carbons (Fsp3) is 0.188. The van der Waals surface area contributed by atoms with Gasteiger partial charge in [0.15, 0.2) is 0 Å². The molecule has 0 spiro atoms. The van der Waals surface area contributed by atoms with E-state index in [4.69, 9.17) is 0 Å². The highest BCUT2D eigenvalue weighted by Gasteiger charge is 2.20. The first-order valence-electron chi connectivity index (χ1n) is 6.99. The van der Waals surface area contributed by atoms with Gasteiger partial charge < -0.3 is 5.32 Å². The molecule has 0 saturated carbocycles. The molecule has 1 amide bonds. The van der Waals surface area contributed by atoms with Gasteiger partial charge in [-0.3, -0.25) is 4.79 Å². The van der Waals surface area contributed by atoms with Crippen molar-refractivity contribution >= 4 is 53.5 Å². The largest absolute Gasteiger partial charge is 0.325 e. The summed E-state index contributed by atoms with van der Waals surface area (Å²) < 4.78 is 26.8. The van der Waals surface area contributed by atoms with E-state index in [1.54, 1.807) is 18.2 Å². The summed E-state index contributed by atoms with van der Waals surface area (Å²) in [5.41, 5.74) is 1.41. The number of carbonyl (C=O) groups is 1. The summed E-state index contributed by atoms with van der Waals surface area (Å²) in [4.78, 5) is 12.2. The van der Waals surface area contributed by atoms with Crippen LogP contribution in [0.5, 0.6) is 0 Å². The number of hydrogen-bond donors (Lipinski definition) is 1. The summed E-state index contributed by atoms with van der Waals surface area (Å²) >= 11 is 6.66. The summed E-state index contributed by atoms with van der Waals surface area (Å²) in [6, 6.07) is 14.4. The number of halogens is 2. The van der Waals surface area contributed by atoms with Crippen molar-refractivity contribution in [3.63, 3.8) is 0 Å². The first-order chi connectivity index (χ1) is 11.2. The van der Waals surface area contributed by atoms with Crippen LogP contribution in [-0.2, 0) is 21.4 Å². The molecule has 0 radical (unpaired) electrons. The molecule has 0 heterocycles. The van der Waals surface area contributed by atoms with Crippen molar-refractivity contribution in [3.05, 3.63) is 63.0 Å². The Hall–Kier alpha value is -1.22. The van der Waals surface area contributed by atoms with Crippen molar-refractivity contribution in [1.29, 1.82) is 0 Å². The zero-order valence-electron chi connectivity index (χ0n) is 12.9. The van der Waals surface area contributed by atoms with E-state index in [1.807, 2.05) is 30.3 Å². The fourth-order valence-electron chi connectivity index (χ4n) is 2.01. The number of carbonyl (C=O) groups excluding carboxylic acids is 1. The Morgan fingerprint density at radius 2 is 1.75 bits per heavy atom. The summed E-state index contributed by atoms with van der Waals surface area (Å²) in [7, 11) is -3.52. The summed E-state index contributed by atoms with van der Waals surface area (Å²) in [6.07, 6.45) is 1.10. The zero-order valence-corrected chi connectivity index (χ0v) is 16.9. The van der Waals surface area contributed by atoms with E-state index < -0.39 is 15.9 Å². The molecule has 2 aromatic rings. The van der Waals surface area contributed by atoms with E-state index in [0.717, 1.165) is 25.1 Å². The topological polar surface area (TPSA) is 66.5 Å². The number of anilines is 1. The lowest BCUT2D eigenvalue weighted by Gasteiger charge is -2.19. The molecule has 0 atom stereocenters. The maximum Gasteiger partial charge on any atom is 0.239 e. The number of rotatable bonds is 6. The quantitative estimate of drug-likeness (QED) is 0.693. The van der Waals surface area contributed by atoms with Crippen LogP contribution in [0.3, 0.4) is 0 Å². The molecular weight excluding hydrogens is 460 g/mol. The summed E-state index contributed by atoms with van der Waals surface area (Å²) in [5.74, 6) is -0.393. The van der Waals surface area contributed by atoms with Gasteiger partial charge in [-0.15, -0.1) is 0 Å². The average Bonchev–Trinajstić information content (AvgIpc) is 2.48. The number of nitrogens with one attached hydrogen (secondary N) is 1. The maximum absolute atomic E-state index is 12.2. The van der Waals surface area contributed by atoms with E-state index >= 15 is 0 Å². The molecule has 0 aromatic heterocycles. The molecule has 24 heavy (non-hydrogen) atoms. The highest BCUT2D eigenvalue weighted by Crippen LogP contribution is 2.17. The average molecular weight is 476 g/mol. The molecule has 5 nitrogen and oxygen atoms in total. The molecule has 2 rings (SSSR count). The van der Waals surface area contributed by atoms with Crippen LogP contribution in [0.25, 0.3) is 0 Å². The van der Waals surface area contributed by atoms with Gasteiger partial charge in [0.2, 0.25) is 15.9 Å². The first-order valence-corrected chi connectivity index (χ1v) is 10.4. The molecular formula is C16H16Br2N2O3S. The second-order valence-electron chi connectivity index (χ2n) is 5.22. The van der Waals surface area contributed by atoms with Crippen molar-refractivity contribution in [1.82, 2.24) is 4.31 Å². The van der Waals surface area contributed by atoms with E-state index in [2.05, 4.69) is 37.2 Å². The second-order valence-corrected chi connectivity index (χ2v) is 9.03. The number of hydrogen-bond acceptors (Lipinski definition) is 3. The third-order valence-corrected chi connectivity index (χ3v) is 5.39. The van der Waals surface area contributed by atoms with Crippen LogP contribution < -0.4 is 5.32 Å². The Morgan fingerprint density at radius 3 is 2.33 bits per heavy atom. The van der Waals surface area contributed by atoms with E-state index in [-0.39, 0.29) is 13.1 Å². The van der Waals surface area contributed by atoms with Crippen LogP contribution in [0.15, 0.2) is 57.5 Å². The maximum atomic E-state index is 12.2. The van der Waals surface area contributed by atoms with Crippen LogP contribution >= 0.6 is 31.9 Å². The Bertz CT molecular complexity index is 823. The number of amides is 1. The van der Waals surface area contributed by atoms with Crippen molar-refractivity contribution in [2.45, 2.75) is 6.54 Å². The Labute approximate surface area is 158 Å². The van der Waals surface area contributed by atoms with Gasteiger partial charge in [-0.2, -0.15) is 4.31 Å². The third-order valence-electron chi connectivity index (χ3n) is 3.17. The van der Waals surface area contributed by atoms with Gasteiger partial charge in [0.05, 0.1) is 12.8 Å². The molecule has 0 unspecified atom stereocenters. The van der Waals surface area contributed by atoms with Crippen molar-refractivity contribution in [2.24, 2.45) is 0 Å². The Kier molecular flexibility index (Phi) is 6.56. The van der Waals surface area contributed by atoms with Crippen molar-refractivity contribution in [3.8, 4) is 0 Å². The van der Waals surface area contributed by atoms with Crippen LogP contribution in [0.1, 0.15) is 5.56 Å². The number of nitrogens with zero attached hydrogens (tertiary/aromatic N) is 1. The van der Waals surface area contributed by atoms with Crippen LogP contribution in [0.4, 0.5) is 5.69 Å². The lowest BCUT2D eigenvalue weighted by Crippen LogP contribution is -2.36. The van der Waals surface area contributed by atoms with E-state index in [9.17, 15) is 13.2 Å². The minimum absolute atomic E-state index is 0.137. The van der Waals surface area contributed by atoms with Crippen molar-refractivity contribution in [2.75, 3.05) is 18.1 Å².